The van der Waals surface area contributed by atoms with Crippen LogP contribution in [0.5, 0.6) is 0 Å². The Labute approximate surface area is 285 Å². The minimum Gasteiger partial charge on any atom is -0.464 e. The van der Waals surface area contributed by atoms with Gasteiger partial charge in [-0.05, 0) is 62.1 Å². The first kappa shape index (κ1) is 35.1. The summed E-state index contributed by atoms with van der Waals surface area (Å²) in [5.74, 6) is -0.737. The zero-order valence-electron chi connectivity index (χ0n) is 27.0. The molecule has 16 nitrogen and oxygen atoms in total. The number of thioether (sulfide) groups is 1. The summed E-state index contributed by atoms with van der Waals surface area (Å²) in [6, 6.07) is 10.8. The molecule has 5 rings (SSSR count). The number of nitrogens with zero attached hydrogens (tertiary/aromatic N) is 4. The van der Waals surface area contributed by atoms with E-state index in [-0.39, 0.29) is 54.0 Å². The number of hydrogen-bond donors (Lipinski definition) is 1. The maximum atomic E-state index is 13.5. The predicted molar refractivity (Wildman–Crippen MR) is 174 cm³/mol. The zero-order chi connectivity index (χ0) is 35.5. The van der Waals surface area contributed by atoms with Crippen molar-refractivity contribution in [2.45, 2.75) is 75.6 Å². The lowest BCUT2D eigenvalue weighted by atomic mass is 9.94. The summed E-state index contributed by atoms with van der Waals surface area (Å²) in [5.41, 5.74) is 0.329. The van der Waals surface area contributed by atoms with Gasteiger partial charge in [-0.3, -0.25) is 25.0 Å². The number of hydrogen-bond acceptors (Lipinski definition) is 12. The fraction of sp³-hybridized carbons (Fsp3) is 0.438. The van der Waals surface area contributed by atoms with E-state index < -0.39 is 39.6 Å². The summed E-state index contributed by atoms with van der Waals surface area (Å²) in [6.45, 7) is 3.59. The molecule has 0 bridgehead atoms. The Balaban J connectivity index is 1.26. The van der Waals surface area contributed by atoms with E-state index in [4.69, 9.17) is 14.2 Å². The van der Waals surface area contributed by atoms with E-state index in [1.165, 1.54) is 72.3 Å². The molecule has 2 fully saturated rings. The number of rotatable bonds is 12. The first-order valence-corrected chi connectivity index (χ1v) is 16.3. The molecule has 0 aliphatic carbocycles. The van der Waals surface area contributed by atoms with Crippen molar-refractivity contribution >= 4 is 47.2 Å². The molecule has 0 unspecified atom stereocenters. The van der Waals surface area contributed by atoms with Gasteiger partial charge in [-0.1, -0.05) is 0 Å². The smallest absolute Gasteiger partial charge is 0.410 e. The minimum atomic E-state index is -0.866. The van der Waals surface area contributed by atoms with Crippen molar-refractivity contribution in [3.8, 4) is 0 Å². The van der Waals surface area contributed by atoms with E-state index in [9.17, 15) is 39.4 Å². The van der Waals surface area contributed by atoms with Crippen molar-refractivity contribution in [1.29, 1.82) is 0 Å². The number of amides is 3. The molecule has 3 heterocycles. The normalized spacial score (nSPS) is 20.0. The number of ether oxygens (including phenoxy) is 3. The lowest BCUT2D eigenvalue weighted by Gasteiger charge is -2.35. The number of methoxy groups -OCH3 is 1. The van der Waals surface area contributed by atoms with Gasteiger partial charge in [-0.25, -0.2) is 14.4 Å². The van der Waals surface area contributed by atoms with E-state index in [0.717, 1.165) is 4.91 Å². The molecule has 49 heavy (non-hydrogen) atoms. The number of esters is 1. The minimum absolute atomic E-state index is 0.0812. The second-order valence-corrected chi connectivity index (χ2v) is 14.0. The second-order valence-electron chi connectivity index (χ2n) is 12.6. The molecule has 2 aromatic carbocycles. The summed E-state index contributed by atoms with van der Waals surface area (Å²) in [4.78, 5) is 75.8. The lowest BCUT2D eigenvalue weighted by molar-refractivity contribution is -0.385. The molecule has 2 aromatic rings. The van der Waals surface area contributed by atoms with Crippen LogP contribution >= 0.6 is 11.8 Å². The molecule has 1 N–H and O–H groups in total. The van der Waals surface area contributed by atoms with E-state index in [1.54, 1.807) is 18.7 Å². The van der Waals surface area contributed by atoms with Crippen LogP contribution in [0.15, 0.2) is 59.1 Å². The monoisotopic (exact) mass is 697 g/mol. The highest BCUT2D eigenvalue weighted by molar-refractivity contribution is 8.03. The molecule has 3 aliphatic rings. The number of nitrogens with one attached hydrogen (secondary N) is 1. The summed E-state index contributed by atoms with van der Waals surface area (Å²) in [5, 5.41) is 24.5. The molecule has 3 atom stereocenters. The number of benzene rings is 2. The van der Waals surface area contributed by atoms with Crippen LogP contribution in [-0.4, -0.2) is 80.2 Å². The molecule has 0 radical (unpaired) electrons. The number of fused-ring (bicyclic) bond motifs is 1. The van der Waals surface area contributed by atoms with E-state index >= 15 is 0 Å². The molecule has 0 aromatic heterocycles. The summed E-state index contributed by atoms with van der Waals surface area (Å²) >= 11 is 1.43. The number of β-lactam (4-membered cyclic amide) rings is 1. The van der Waals surface area contributed by atoms with Gasteiger partial charge in [0.15, 0.2) is 0 Å². The van der Waals surface area contributed by atoms with Crippen LogP contribution in [-0.2, 0) is 37.0 Å². The number of nitro benzene ring substituents is 2. The van der Waals surface area contributed by atoms with Gasteiger partial charge < -0.3 is 29.3 Å². The number of carbonyl (C=O) groups is 4. The molecule has 0 spiro atoms. The first-order valence-electron chi connectivity index (χ1n) is 15.4. The largest absolute Gasteiger partial charge is 0.464 e. The van der Waals surface area contributed by atoms with Crippen LogP contribution in [0.2, 0.25) is 0 Å². The average Bonchev–Trinajstić information content (AvgIpc) is 3.58. The van der Waals surface area contributed by atoms with Crippen LogP contribution in [0.3, 0.4) is 0 Å². The first-order chi connectivity index (χ1) is 23.2. The highest BCUT2D eigenvalue weighted by Gasteiger charge is 2.49. The molecule has 0 saturated carbocycles. The van der Waals surface area contributed by atoms with Crippen LogP contribution in [0.1, 0.15) is 50.7 Å². The van der Waals surface area contributed by atoms with Gasteiger partial charge in [0, 0.05) is 65.4 Å². The van der Waals surface area contributed by atoms with Crippen molar-refractivity contribution in [3.63, 3.8) is 0 Å². The average molecular weight is 698 g/mol. The number of likely N-dealkylation sites (tertiary alicyclic amines) is 1. The number of non-ortho nitro benzene ring substituents is 2. The Hall–Kier alpha value is -5.19. The Bertz CT molecular complexity index is 1680. The standard InChI is InChI=1S/C32H35N5O11S/c1-32(2,33-30(40)47-17-19-4-8-21(9-5-19)36(42)43)15-24-12-25(49-26-13-23-14-27(38)35(23)28(26)29(39)46-3)16-34(24)31(41)48-18-20-6-10-22(11-7-20)37(44)45/h4-11,23-25H,12-18H2,1-3H3,(H,33,40)/t23-,24-,25-/m0/s1. The number of carbonyl (C=O) groups excluding carboxylic acids is 4. The zero-order valence-corrected chi connectivity index (χ0v) is 27.8. The Morgan fingerprint density at radius 3 is 2.04 bits per heavy atom. The highest BCUT2D eigenvalue weighted by Crippen LogP contribution is 2.47. The third kappa shape index (κ3) is 8.28. The Morgan fingerprint density at radius 2 is 1.51 bits per heavy atom. The summed E-state index contributed by atoms with van der Waals surface area (Å²) < 4.78 is 15.9. The fourth-order valence-corrected chi connectivity index (χ4v) is 7.68. The Kier molecular flexibility index (Phi) is 10.4. The SMILES string of the molecule is COC(=O)C1=C(S[C@H]2C[C@@H](CC(C)(C)NC(=O)OCc3ccc([N+](=O)[O-])cc3)N(C(=O)OCc3ccc([N+](=O)[O-])cc3)C2)C[C@H]2CC(=O)N12. The molecule has 3 amide bonds. The van der Waals surface area contributed by atoms with Gasteiger partial charge in [0.05, 0.1) is 23.0 Å². The van der Waals surface area contributed by atoms with Crippen molar-refractivity contribution in [3.05, 3.63) is 90.5 Å². The molecule has 2 saturated heterocycles. The third-order valence-electron chi connectivity index (χ3n) is 8.48. The van der Waals surface area contributed by atoms with Gasteiger partial charge in [-0.15, -0.1) is 11.8 Å². The Morgan fingerprint density at radius 1 is 0.939 bits per heavy atom. The van der Waals surface area contributed by atoms with Gasteiger partial charge in [0.25, 0.3) is 11.4 Å². The van der Waals surface area contributed by atoms with Gasteiger partial charge in [0.1, 0.15) is 18.9 Å². The lowest BCUT2D eigenvalue weighted by Crippen LogP contribution is -2.49. The fourth-order valence-electron chi connectivity index (χ4n) is 6.15. The maximum Gasteiger partial charge on any atom is 0.410 e. The summed E-state index contributed by atoms with van der Waals surface area (Å²) in [6.07, 6.45) is 0.318. The van der Waals surface area contributed by atoms with Gasteiger partial charge in [0.2, 0.25) is 5.91 Å². The van der Waals surface area contributed by atoms with Crippen molar-refractivity contribution in [2.24, 2.45) is 0 Å². The molecular formula is C32H35N5O11S. The molecule has 260 valence electrons. The predicted octanol–water partition coefficient (Wildman–Crippen LogP) is 4.80. The molecular weight excluding hydrogens is 662 g/mol. The van der Waals surface area contributed by atoms with Crippen molar-refractivity contribution in [2.75, 3.05) is 13.7 Å². The van der Waals surface area contributed by atoms with Crippen molar-refractivity contribution in [1.82, 2.24) is 15.1 Å². The van der Waals surface area contributed by atoms with Gasteiger partial charge in [-0.2, -0.15) is 0 Å². The molecule has 3 aliphatic heterocycles. The number of alkyl carbamates (subject to hydrolysis) is 1. The quantitative estimate of drug-likeness (QED) is 0.105. The van der Waals surface area contributed by atoms with Crippen LogP contribution in [0.4, 0.5) is 21.0 Å². The second kappa shape index (κ2) is 14.5. The molecule has 17 heteroatoms. The third-order valence-corrected chi connectivity index (χ3v) is 9.80. The van der Waals surface area contributed by atoms with Crippen LogP contribution < -0.4 is 5.32 Å². The summed E-state index contributed by atoms with van der Waals surface area (Å²) in [7, 11) is 1.26. The van der Waals surface area contributed by atoms with Crippen molar-refractivity contribution < 1.29 is 43.2 Å². The van der Waals surface area contributed by atoms with E-state index in [1.807, 2.05) is 0 Å². The highest BCUT2D eigenvalue weighted by atomic mass is 32.2. The van der Waals surface area contributed by atoms with Gasteiger partial charge >= 0.3 is 18.2 Å². The topological polar surface area (TPSA) is 201 Å². The number of nitro groups is 2. The van der Waals surface area contributed by atoms with Crippen LogP contribution in [0, 0.1) is 20.2 Å². The van der Waals surface area contributed by atoms with E-state index in [0.29, 0.717) is 36.8 Å². The maximum absolute atomic E-state index is 13.5. The van der Waals surface area contributed by atoms with Crippen LogP contribution in [0.25, 0.3) is 0 Å². The van der Waals surface area contributed by atoms with E-state index in [2.05, 4.69) is 5.32 Å².